The Kier molecular flexibility index (Phi) is 3.12. The lowest BCUT2D eigenvalue weighted by molar-refractivity contribution is 0.102. The van der Waals surface area contributed by atoms with Crippen molar-refractivity contribution in [1.29, 1.82) is 0 Å². The lowest BCUT2D eigenvalue weighted by Crippen LogP contribution is -2.12. The average Bonchev–Trinajstić information content (AvgIpc) is 2.88. The molecule has 0 aliphatic carbocycles. The van der Waals surface area contributed by atoms with Gasteiger partial charge in [-0.05, 0) is 42.1 Å². The predicted molar refractivity (Wildman–Crippen MR) is 83.2 cm³/mol. The van der Waals surface area contributed by atoms with E-state index in [0.717, 1.165) is 16.6 Å². The molecule has 0 bridgehead atoms. The van der Waals surface area contributed by atoms with Gasteiger partial charge < -0.3 is 11.1 Å². The standard InChI is InChI=1S/C15H13N3OS/c1-9-7-20-8-11(9)15(19)18-13-5-4-12(16)14-10(13)3-2-6-17-14/h2-8H,16H2,1H3,(H,18,19). The van der Waals surface area contributed by atoms with Crippen LogP contribution in [0, 0.1) is 6.92 Å². The Morgan fingerprint density at radius 2 is 2.15 bits per heavy atom. The highest BCUT2D eigenvalue weighted by molar-refractivity contribution is 7.08. The molecule has 3 aromatic rings. The van der Waals surface area contributed by atoms with Crippen LogP contribution in [0.4, 0.5) is 11.4 Å². The van der Waals surface area contributed by atoms with Gasteiger partial charge in [0.25, 0.3) is 5.91 Å². The van der Waals surface area contributed by atoms with Crippen LogP contribution in [0.15, 0.2) is 41.2 Å². The van der Waals surface area contributed by atoms with Gasteiger partial charge >= 0.3 is 0 Å². The molecule has 2 aromatic heterocycles. The second-order valence-electron chi connectivity index (χ2n) is 4.52. The first-order valence-electron chi connectivity index (χ1n) is 6.14. The summed E-state index contributed by atoms with van der Waals surface area (Å²) >= 11 is 1.52. The number of nitrogens with one attached hydrogen (secondary N) is 1. The monoisotopic (exact) mass is 283 g/mol. The maximum atomic E-state index is 12.3. The second-order valence-corrected chi connectivity index (χ2v) is 5.27. The number of carbonyl (C=O) groups is 1. The summed E-state index contributed by atoms with van der Waals surface area (Å²) in [5.74, 6) is -0.112. The summed E-state index contributed by atoms with van der Waals surface area (Å²) in [6.07, 6.45) is 1.69. The quantitative estimate of drug-likeness (QED) is 0.708. The number of nitrogens with two attached hydrogens (primary N) is 1. The van der Waals surface area contributed by atoms with Crippen molar-refractivity contribution in [2.75, 3.05) is 11.1 Å². The van der Waals surface area contributed by atoms with Gasteiger partial charge in [-0.3, -0.25) is 9.78 Å². The van der Waals surface area contributed by atoms with E-state index in [9.17, 15) is 4.79 Å². The van der Waals surface area contributed by atoms with Gasteiger partial charge in [0.15, 0.2) is 0 Å². The Balaban J connectivity index is 2.02. The molecule has 0 atom stereocenters. The Bertz CT molecular complexity index is 795. The van der Waals surface area contributed by atoms with Crippen LogP contribution >= 0.6 is 11.3 Å². The number of amides is 1. The first kappa shape index (κ1) is 12.6. The smallest absolute Gasteiger partial charge is 0.256 e. The fourth-order valence-corrected chi connectivity index (χ4v) is 2.91. The molecule has 4 nitrogen and oxygen atoms in total. The molecule has 20 heavy (non-hydrogen) atoms. The third-order valence-electron chi connectivity index (χ3n) is 3.15. The molecule has 2 heterocycles. The molecule has 0 aliphatic rings. The number of hydrogen-bond acceptors (Lipinski definition) is 4. The molecule has 0 aliphatic heterocycles. The van der Waals surface area contributed by atoms with E-state index < -0.39 is 0 Å². The number of anilines is 2. The van der Waals surface area contributed by atoms with Crippen molar-refractivity contribution in [3.63, 3.8) is 0 Å². The fourth-order valence-electron chi connectivity index (χ4n) is 2.09. The summed E-state index contributed by atoms with van der Waals surface area (Å²) < 4.78 is 0. The maximum Gasteiger partial charge on any atom is 0.256 e. The van der Waals surface area contributed by atoms with E-state index in [1.54, 1.807) is 18.3 Å². The van der Waals surface area contributed by atoms with Gasteiger partial charge in [0.05, 0.1) is 22.5 Å². The summed E-state index contributed by atoms with van der Waals surface area (Å²) in [6, 6.07) is 7.28. The third-order valence-corrected chi connectivity index (χ3v) is 4.01. The van der Waals surface area contributed by atoms with E-state index in [-0.39, 0.29) is 5.91 Å². The molecule has 0 saturated carbocycles. The van der Waals surface area contributed by atoms with E-state index in [2.05, 4.69) is 10.3 Å². The van der Waals surface area contributed by atoms with E-state index >= 15 is 0 Å². The highest BCUT2D eigenvalue weighted by atomic mass is 32.1. The normalized spacial score (nSPS) is 10.7. The molecule has 3 N–H and O–H groups in total. The topological polar surface area (TPSA) is 68.0 Å². The summed E-state index contributed by atoms with van der Waals surface area (Å²) in [6.45, 7) is 1.92. The molecule has 1 amide bonds. The van der Waals surface area contributed by atoms with Crippen molar-refractivity contribution < 1.29 is 4.79 Å². The number of carbonyl (C=O) groups excluding carboxylic acids is 1. The summed E-state index contributed by atoms with van der Waals surface area (Å²) in [4.78, 5) is 16.5. The van der Waals surface area contributed by atoms with Crippen molar-refractivity contribution in [3.05, 3.63) is 52.3 Å². The van der Waals surface area contributed by atoms with Gasteiger partial charge in [0, 0.05) is 17.0 Å². The van der Waals surface area contributed by atoms with Crippen molar-refractivity contribution in [1.82, 2.24) is 4.98 Å². The molecule has 5 heteroatoms. The van der Waals surface area contributed by atoms with Gasteiger partial charge in [0.2, 0.25) is 0 Å². The van der Waals surface area contributed by atoms with Gasteiger partial charge in [-0.1, -0.05) is 0 Å². The molecule has 0 spiro atoms. The van der Waals surface area contributed by atoms with Crippen LogP contribution in [0.2, 0.25) is 0 Å². The Morgan fingerprint density at radius 1 is 1.30 bits per heavy atom. The SMILES string of the molecule is Cc1cscc1C(=O)Nc1ccc(N)c2ncccc12. The average molecular weight is 283 g/mol. The van der Waals surface area contributed by atoms with Crippen LogP contribution in [0.3, 0.4) is 0 Å². The molecule has 100 valence electrons. The first-order chi connectivity index (χ1) is 9.66. The number of benzene rings is 1. The molecule has 1 aromatic carbocycles. The number of pyridine rings is 1. The molecule has 0 saturated heterocycles. The number of rotatable bonds is 2. The lowest BCUT2D eigenvalue weighted by atomic mass is 10.1. The Morgan fingerprint density at radius 3 is 2.90 bits per heavy atom. The molecule has 3 rings (SSSR count). The van der Waals surface area contributed by atoms with E-state index in [4.69, 9.17) is 5.73 Å². The summed E-state index contributed by atoms with van der Waals surface area (Å²) in [7, 11) is 0. The minimum Gasteiger partial charge on any atom is -0.397 e. The first-order valence-corrected chi connectivity index (χ1v) is 7.08. The number of nitrogens with zero attached hydrogens (tertiary/aromatic N) is 1. The van der Waals surface area contributed by atoms with Crippen LogP contribution in [-0.4, -0.2) is 10.9 Å². The zero-order valence-electron chi connectivity index (χ0n) is 10.9. The number of nitrogen functional groups attached to an aromatic ring is 1. The minimum atomic E-state index is -0.112. The Labute approximate surface area is 120 Å². The summed E-state index contributed by atoms with van der Waals surface area (Å²) in [5, 5.41) is 7.57. The number of fused-ring (bicyclic) bond motifs is 1. The number of aryl methyl sites for hydroxylation is 1. The highest BCUT2D eigenvalue weighted by Gasteiger charge is 2.12. The molecular weight excluding hydrogens is 270 g/mol. The van der Waals surface area contributed by atoms with Gasteiger partial charge in [-0.25, -0.2) is 0 Å². The predicted octanol–water partition coefficient (Wildman–Crippen LogP) is 3.44. The minimum absolute atomic E-state index is 0.112. The number of hydrogen-bond donors (Lipinski definition) is 2. The van der Waals surface area contributed by atoms with Crippen molar-refractivity contribution in [2.45, 2.75) is 6.92 Å². The van der Waals surface area contributed by atoms with Crippen LogP contribution < -0.4 is 11.1 Å². The molecule has 0 radical (unpaired) electrons. The molecule has 0 unspecified atom stereocenters. The van der Waals surface area contributed by atoms with Crippen LogP contribution in [0.25, 0.3) is 10.9 Å². The number of aromatic nitrogens is 1. The van der Waals surface area contributed by atoms with Gasteiger partial charge in [-0.2, -0.15) is 11.3 Å². The largest absolute Gasteiger partial charge is 0.397 e. The third kappa shape index (κ3) is 2.12. The van der Waals surface area contributed by atoms with E-state index in [1.165, 1.54) is 11.3 Å². The highest BCUT2D eigenvalue weighted by Crippen LogP contribution is 2.27. The zero-order chi connectivity index (χ0) is 14.1. The van der Waals surface area contributed by atoms with E-state index in [1.807, 2.05) is 29.8 Å². The maximum absolute atomic E-state index is 12.3. The van der Waals surface area contributed by atoms with E-state index in [0.29, 0.717) is 16.8 Å². The van der Waals surface area contributed by atoms with Crippen LogP contribution in [-0.2, 0) is 0 Å². The summed E-state index contributed by atoms with van der Waals surface area (Å²) in [5.41, 5.74) is 9.60. The lowest BCUT2D eigenvalue weighted by Gasteiger charge is -2.09. The zero-order valence-corrected chi connectivity index (χ0v) is 11.7. The fraction of sp³-hybridized carbons (Fsp3) is 0.0667. The molecular formula is C15H13N3OS. The molecule has 0 fully saturated rings. The van der Waals surface area contributed by atoms with Crippen molar-refractivity contribution in [3.8, 4) is 0 Å². The Hall–Kier alpha value is -2.40. The van der Waals surface area contributed by atoms with Crippen molar-refractivity contribution in [2.24, 2.45) is 0 Å². The number of thiophene rings is 1. The van der Waals surface area contributed by atoms with Crippen LogP contribution in [0.1, 0.15) is 15.9 Å². The van der Waals surface area contributed by atoms with Gasteiger partial charge in [0.1, 0.15) is 0 Å². The van der Waals surface area contributed by atoms with Crippen LogP contribution in [0.5, 0.6) is 0 Å². The van der Waals surface area contributed by atoms with Gasteiger partial charge in [-0.15, -0.1) is 0 Å². The van der Waals surface area contributed by atoms with Crippen molar-refractivity contribution >= 4 is 39.5 Å². The second kappa shape index (κ2) is 4.94.